The summed E-state index contributed by atoms with van der Waals surface area (Å²) in [6.07, 6.45) is 3.45. The van der Waals surface area contributed by atoms with Crippen molar-refractivity contribution >= 4 is 12.2 Å². The number of methoxy groups -OCH3 is 2. The quantitative estimate of drug-likeness (QED) is 0.649. The van der Waals surface area contributed by atoms with Crippen molar-refractivity contribution in [1.82, 2.24) is 9.66 Å². The number of rotatable bonds is 7. The van der Waals surface area contributed by atoms with Crippen LogP contribution in [-0.2, 0) is 6.61 Å². The summed E-state index contributed by atoms with van der Waals surface area (Å²) >= 11 is 0. The van der Waals surface area contributed by atoms with Crippen molar-refractivity contribution in [1.29, 1.82) is 0 Å². The van der Waals surface area contributed by atoms with Crippen LogP contribution in [0.4, 0.5) is 5.95 Å². The monoisotopic (exact) mass is 366 g/mol. The number of aryl methyl sites for hydroxylation is 1. The van der Waals surface area contributed by atoms with E-state index >= 15 is 0 Å². The van der Waals surface area contributed by atoms with Gasteiger partial charge in [0, 0.05) is 0 Å². The number of nitrogen functional groups attached to an aromatic ring is 1. The Kier molecular flexibility index (Phi) is 5.61. The molecule has 3 rings (SSSR count). The molecule has 0 spiro atoms. The number of hydrogen-bond donors (Lipinski definition) is 1. The van der Waals surface area contributed by atoms with Gasteiger partial charge in [-0.3, -0.25) is 0 Å². The molecule has 3 aromatic rings. The fourth-order valence-corrected chi connectivity index (χ4v) is 2.49. The fourth-order valence-electron chi connectivity index (χ4n) is 2.49. The van der Waals surface area contributed by atoms with E-state index in [-0.39, 0.29) is 0 Å². The Morgan fingerprint density at radius 1 is 1.07 bits per heavy atom. The summed E-state index contributed by atoms with van der Waals surface area (Å²) in [5.41, 5.74) is 8.49. The standard InChI is InChI=1S/C20H22N4O3/c1-14-12-24(20(21)23-14)22-11-16-6-9-18(19(10-16)26-3)27-13-15-4-7-17(25-2)8-5-15/h4-12H,13H2,1-3H3,(H2,21,23). The van der Waals surface area contributed by atoms with E-state index in [1.165, 1.54) is 4.68 Å². The van der Waals surface area contributed by atoms with Crippen LogP contribution in [0, 0.1) is 6.92 Å². The van der Waals surface area contributed by atoms with Gasteiger partial charge in [-0.2, -0.15) is 5.10 Å². The number of imidazole rings is 1. The van der Waals surface area contributed by atoms with Crippen molar-refractivity contribution in [2.45, 2.75) is 13.5 Å². The molecular weight excluding hydrogens is 344 g/mol. The number of nitrogens with zero attached hydrogens (tertiary/aromatic N) is 3. The molecule has 7 nitrogen and oxygen atoms in total. The molecule has 7 heteroatoms. The lowest BCUT2D eigenvalue weighted by Gasteiger charge is -2.11. The van der Waals surface area contributed by atoms with Crippen LogP contribution in [-0.4, -0.2) is 30.1 Å². The zero-order valence-electron chi connectivity index (χ0n) is 15.5. The SMILES string of the molecule is COc1ccc(COc2ccc(C=Nn3cc(C)nc3N)cc2OC)cc1. The Labute approximate surface area is 158 Å². The summed E-state index contributed by atoms with van der Waals surface area (Å²) in [7, 11) is 3.25. The molecule has 0 saturated heterocycles. The number of ether oxygens (including phenoxy) is 3. The van der Waals surface area contributed by atoms with E-state index in [4.69, 9.17) is 19.9 Å². The second-order valence-electron chi connectivity index (χ2n) is 5.88. The van der Waals surface area contributed by atoms with E-state index in [0.29, 0.717) is 24.1 Å². The molecule has 0 unspecified atom stereocenters. The lowest BCUT2D eigenvalue weighted by atomic mass is 10.2. The average molecular weight is 366 g/mol. The van der Waals surface area contributed by atoms with Gasteiger partial charge < -0.3 is 19.9 Å². The van der Waals surface area contributed by atoms with Crippen molar-refractivity contribution in [3.63, 3.8) is 0 Å². The zero-order chi connectivity index (χ0) is 19.2. The lowest BCUT2D eigenvalue weighted by molar-refractivity contribution is 0.284. The third kappa shape index (κ3) is 4.58. The van der Waals surface area contributed by atoms with Crippen LogP contribution in [0.15, 0.2) is 53.8 Å². The van der Waals surface area contributed by atoms with Gasteiger partial charge in [-0.25, -0.2) is 9.66 Å². The maximum absolute atomic E-state index is 5.88. The molecule has 2 aromatic carbocycles. The summed E-state index contributed by atoms with van der Waals surface area (Å²) in [6, 6.07) is 13.3. The minimum Gasteiger partial charge on any atom is -0.497 e. The van der Waals surface area contributed by atoms with Crippen LogP contribution < -0.4 is 19.9 Å². The molecule has 1 heterocycles. The molecule has 0 aliphatic rings. The fraction of sp³-hybridized carbons (Fsp3) is 0.200. The van der Waals surface area contributed by atoms with Gasteiger partial charge >= 0.3 is 0 Å². The van der Waals surface area contributed by atoms with Crippen LogP contribution in [0.3, 0.4) is 0 Å². The van der Waals surface area contributed by atoms with Gasteiger partial charge in [0.25, 0.3) is 0 Å². The molecule has 0 fully saturated rings. The summed E-state index contributed by atoms with van der Waals surface area (Å²) in [6.45, 7) is 2.29. The maximum Gasteiger partial charge on any atom is 0.221 e. The van der Waals surface area contributed by atoms with E-state index in [2.05, 4.69) is 10.1 Å². The molecule has 27 heavy (non-hydrogen) atoms. The van der Waals surface area contributed by atoms with Gasteiger partial charge in [0.05, 0.1) is 32.3 Å². The van der Waals surface area contributed by atoms with Crippen molar-refractivity contribution in [2.24, 2.45) is 5.10 Å². The summed E-state index contributed by atoms with van der Waals surface area (Å²) in [5, 5.41) is 4.31. The molecule has 140 valence electrons. The molecule has 2 N–H and O–H groups in total. The molecule has 0 bridgehead atoms. The second-order valence-corrected chi connectivity index (χ2v) is 5.88. The molecule has 0 aliphatic heterocycles. The Morgan fingerprint density at radius 2 is 1.85 bits per heavy atom. The molecular formula is C20H22N4O3. The van der Waals surface area contributed by atoms with E-state index in [9.17, 15) is 0 Å². The highest BCUT2D eigenvalue weighted by atomic mass is 16.5. The van der Waals surface area contributed by atoms with Crippen LogP contribution in [0.25, 0.3) is 0 Å². The number of aromatic nitrogens is 2. The third-order valence-corrected chi connectivity index (χ3v) is 3.91. The van der Waals surface area contributed by atoms with Gasteiger partial charge in [0.15, 0.2) is 11.5 Å². The number of hydrogen-bond acceptors (Lipinski definition) is 6. The van der Waals surface area contributed by atoms with E-state index in [1.807, 2.05) is 49.4 Å². The van der Waals surface area contributed by atoms with Gasteiger partial charge in [-0.1, -0.05) is 12.1 Å². The first kappa shape index (κ1) is 18.3. The molecule has 0 amide bonds. The van der Waals surface area contributed by atoms with E-state index in [1.54, 1.807) is 26.6 Å². The van der Waals surface area contributed by atoms with Gasteiger partial charge in [-0.05, 0) is 48.4 Å². The highest BCUT2D eigenvalue weighted by Crippen LogP contribution is 2.28. The molecule has 0 saturated carbocycles. The van der Waals surface area contributed by atoms with Crippen LogP contribution in [0.1, 0.15) is 16.8 Å². The smallest absolute Gasteiger partial charge is 0.221 e. The first-order chi connectivity index (χ1) is 13.1. The van der Waals surface area contributed by atoms with E-state index < -0.39 is 0 Å². The topological polar surface area (TPSA) is 83.9 Å². The molecule has 1 aromatic heterocycles. The largest absolute Gasteiger partial charge is 0.497 e. The number of nitrogens with two attached hydrogens (primary N) is 1. The van der Waals surface area contributed by atoms with Gasteiger partial charge in [0.1, 0.15) is 12.4 Å². The maximum atomic E-state index is 5.88. The summed E-state index contributed by atoms with van der Waals surface area (Å²) in [4.78, 5) is 4.11. The Hall–Kier alpha value is -3.48. The van der Waals surface area contributed by atoms with Crippen LogP contribution in [0.5, 0.6) is 17.2 Å². The summed E-state index contributed by atoms with van der Waals surface area (Å²) < 4.78 is 18.0. The highest BCUT2D eigenvalue weighted by molar-refractivity contribution is 5.81. The average Bonchev–Trinajstić information content (AvgIpc) is 3.02. The lowest BCUT2D eigenvalue weighted by Crippen LogP contribution is -1.99. The molecule has 0 radical (unpaired) electrons. The van der Waals surface area contributed by atoms with Gasteiger partial charge in [-0.15, -0.1) is 0 Å². The molecule has 0 aliphatic carbocycles. The second kappa shape index (κ2) is 8.27. The molecule has 0 atom stereocenters. The van der Waals surface area contributed by atoms with Crippen molar-refractivity contribution in [3.8, 4) is 17.2 Å². The Balaban J connectivity index is 1.70. The number of benzene rings is 2. The predicted molar refractivity (Wildman–Crippen MR) is 105 cm³/mol. The normalized spacial score (nSPS) is 10.9. The first-order valence-electron chi connectivity index (χ1n) is 8.38. The predicted octanol–water partition coefficient (Wildman–Crippen LogP) is 3.25. The summed E-state index contributed by atoms with van der Waals surface area (Å²) in [5.74, 6) is 2.44. The van der Waals surface area contributed by atoms with Crippen molar-refractivity contribution in [3.05, 3.63) is 65.5 Å². The van der Waals surface area contributed by atoms with Crippen LogP contribution in [0.2, 0.25) is 0 Å². The Morgan fingerprint density at radius 3 is 2.48 bits per heavy atom. The van der Waals surface area contributed by atoms with Gasteiger partial charge in [0.2, 0.25) is 5.95 Å². The van der Waals surface area contributed by atoms with Crippen LogP contribution >= 0.6 is 0 Å². The third-order valence-electron chi connectivity index (χ3n) is 3.91. The minimum absolute atomic E-state index is 0.343. The number of anilines is 1. The Bertz CT molecular complexity index is 933. The highest BCUT2D eigenvalue weighted by Gasteiger charge is 2.06. The van der Waals surface area contributed by atoms with Crippen molar-refractivity contribution < 1.29 is 14.2 Å². The van der Waals surface area contributed by atoms with E-state index in [0.717, 1.165) is 22.6 Å². The van der Waals surface area contributed by atoms with Crippen molar-refractivity contribution in [2.75, 3.05) is 20.0 Å². The first-order valence-corrected chi connectivity index (χ1v) is 8.38. The zero-order valence-corrected chi connectivity index (χ0v) is 15.5. The minimum atomic E-state index is 0.343.